The lowest BCUT2D eigenvalue weighted by Crippen LogP contribution is -2.23. The number of ether oxygens (including phenoxy) is 1. The van der Waals surface area contributed by atoms with Crippen molar-refractivity contribution in [3.63, 3.8) is 0 Å². The van der Waals surface area contributed by atoms with Gasteiger partial charge in [0.05, 0.1) is 11.0 Å². The van der Waals surface area contributed by atoms with Crippen molar-refractivity contribution in [2.75, 3.05) is 26.0 Å². The molecule has 0 aliphatic carbocycles. The Morgan fingerprint density at radius 2 is 1.95 bits per heavy atom. The van der Waals surface area contributed by atoms with Crippen molar-refractivity contribution in [2.24, 2.45) is 0 Å². The molecule has 1 N–H and O–H groups in total. The highest BCUT2D eigenvalue weighted by Crippen LogP contribution is 2.21. The SMILES string of the molecule is Cc1ccc(S(=O)(=O)N(C)C)cc1NC(=O)COC(C)C. The molecule has 1 aromatic rings. The molecule has 0 aliphatic heterocycles. The first-order valence-corrected chi connectivity index (χ1v) is 8.03. The van der Waals surface area contributed by atoms with E-state index in [-0.39, 0.29) is 23.5 Å². The fourth-order valence-corrected chi connectivity index (χ4v) is 2.46. The van der Waals surface area contributed by atoms with E-state index in [0.717, 1.165) is 9.87 Å². The molecule has 0 aliphatic rings. The van der Waals surface area contributed by atoms with E-state index < -0.39 is 10.0 Å². The van der Waals surface area contributed by atoms with E-state index >= 15 is 0 Å². The Bertz CT molecular complexity index is 609. The van der Waals surface area contributed by atoms with E-state index in [2.05, 4.69) is 5.32 Å². The molecule has 21 heavy (non-hydrogen) atoms. The van der Waals surface area contributed by atoms with Crippen molar-refractivity contribution in [1.82, 2.24) is 4.31 Å². The third-order valence-electron chi connectivity index (χ3n) is 2.81. The fourth-order valence-electron chi connectivity index (χ4n) is 1.54. The molecule has 7 heteroatoms. The van der Waals surface area contributed by atoms with Crippen LogP contribution in [-0.4, -0.2) is 45.4 Å². The molecular weight excluding hydrogens is 292 g/mol. The van der Waals surface area contributed by atoms with Gasteiger partial charge in [-0.1, -0.05) is 6.07 Å². The van der Waals surface area contributed by atoms with Gasteiger partial charge in [0.15, 0.2) is 0 Å². The van der Waals surface area contributed by atoms with Gasteiger partial charge in [-0.25, -0.2) is 12.7 Å². The first-order chi connectivity index (χ1) is 9.64. The maximum atomic E-state index is 12.1. The number of nitrogens with zero attached hydrogens (tertiary/aromatic N) is 1. The number of aryl methyl sites for hydroxylation is 1. The monoisotopic (exact) mass is 314 g/mol. The van der Waals surface area contributed by atoms with E-state index in [1.54, 1.807) is 13.0 Å². The molecule has 1 aromatic carbocycles. The minimum atomic E-state index is -3.53. The summed E-state index contributed by atoms with van der Waals surface area (Å²) in [7, 11) is -0.602. The summed E-state index contributed by atoms with van der Waals surface area (Å²) in [6.07, 6.45) is -0.0442. The highest BCUT2D eigenvalue weighted by Gasteiger charge is 2.18. The number of carbonyl (C=O) groups is 1. The second kappa shape index (κ2) is 7.02. The molecule has 0 atom stereocenters. The molecule has 118 valence electrons. The lowest BCUT2D eigenvalue weighted by atomic mass is 10.2. The highest BCUT2D eigenvalue weighted by molar-refractivity contribution is 7.89. The molecule has 6 nitrogen and oxygen atoms in total. The Kier molecular flexibility index (Phi) is 5.88. The second-order valence-electron chi connectivity index (χ2n) is 5.17. The summed E-state index contributed by atoms with van der Waals surface area (Å²) in [5.74, 6) is -0.314. The van der Waals surface area contributed by atoms with Crippen molar-refractivity contribution >= 4 is 21.6 Å². The number of hydrogen-bond donors (Lipinski definition) is 1. The van der Waals surface area contributed by atoms with Crippen LogP contribution in [-0.2, 0) is 19.6 Å². The van der Waals surface area contributed by atoms with Crippen LogP contribution in [0, 0.1) is 6.92 Å². The van der Waals surface area contributed by atoms with Crippen LogP contribution >= 0.6 is 0 Å². The van der Waals surface area contributed by atoms with Gasteiger partial charge in [-0.2, -0.15) is 0 Å². The Balaban J connectivity index is 2.96. The van der Waals surface area contributed by atoms with Crippen LogP contribution in [0.3, 0.4) is 0 Å². The molecular formula is C14H22N2O4S. The first-order valence-electron chi connectivity index (χ1n) is 6.59. The number of nitrogens with one attached hydrogen (secondary N) is 1. The van der Waals surface area contributed by atoms with Crippen molar-refractivity contribution in [3.05, 3.63) is 23.8 Å². The van der Waals surface area contributed by atoms with E-state index in [4.69, 9.17) is 4.74 Å². The third-order valence-corrected chi connectivity index (χ3v) is 4.62. The number of carbonyl (C=O) groups excluding carboxylic acids is 1. The average molecular weight is 314 g/mol. The van der Waals surface area contributed by atoms with Crippen molar-refractivity contribution in [3.8, 4) is 0 Å². The normalized spacial score (nSPS) is 12.0. The molecule has 1 rings (SSSR count). The number of anilines is 1. The molecule has 0 unspecified atom stereocenters. The van der Waals surface area contributed by atoms with Gasteiger partial charge in [-0.15, -0.1) is 0 Å². The second-order valence-corrected chi connectivity index (χ2v) is 7.32. The lowest BCUT2D eigenvalue weighted by Gasteiger charge is -2.15. The minimum absolute atomic E-state index is 0.0442. The molecule has 0 aromatic heterocycles. The number of amides is 1. The van der Waals surface area contributed by atoms with Gasteiger partial charge in [0, 0.05) is 19.8 Å². The Hall–Kier alpha value is -1.44. The van der Waals surface area contributed by atoms with Crippen LogP contribution in [0.2, 0.25) is 0 Å². The van der Waals surface area contributed by atoms with E-state index in [1.165, 1.54) is 26.2 Å². The van der Waals surface area contributed by atoms with Crippen LogP contribution in [0.4, 0.5) is 5.69 Å². The zero-order valence-electron chi connectivity index (χ0n) is 13.0. The maximum absolute atomic E-state index is 12.1. The van der Waals surface area contributed by atoms with Crippen LogP contribution in [0.15, 0.2) is 23.1 Å². The van der Waals surface area contributed by atoms with Crippen LogP contribution in [0.5, 0.6) is 0 Å². The number of rotatable bonds is 6. The summed E-state index contributed by atoms with van der Waals surface area (Å²) in [6, 6.07) is 4.64. The predicted molar refractivity (Wildman–Crippen MR) is 81.8 cm³/mol. The van der Waals surface area contributed by atoms with E-state index in [9.17, 15) is 13.2 Å². The molecule has 0 bridgehead atoms. The standard InChI is InChI=1S/C14H22N2O4S/c1-10(2)20-9-14(17)15-13-8-12(7-6-11(13)3)21(18,19)16(4)5/h6-8,10H,9H2,1-5H3,(H,15,17). The number of sulfonamides is 1. The molecule has 0 heterocycles. The zero-order valence-corrected chi connectivity index (χ0v) is 13.8. The van der Waals surface area contributed by atoms with Gasteiger partial charge < -0.3 is 10.1 Å². The quantitative estimate of drug-likeness (QED) is 0.865. The Morgan fingerprint density at radius 3 is 2.48 bits per heavy atom. The average Bonchev–Trinajstić information content (AvgIpc) is 2.38. The molecule has 0 fully saturated rings. The highest BCUT2D eigenvalue weighted by atomic mass is 32.2. The van der Waals surface area contributed by atoms with Crippen molar-refractivity contribution < 1.29 is 17.9 Å². The molecule has 0 radical (unpaired) electrons. The lowest BCUT2D eigenvalue weighted by molar-refractivity contribution is -0.121. The van der Waals surface area contributed by atoms with Gasteiger partial charge in [-0.3, -0.25) is 4.79 Å². The Labute approximate surface area is 126 Å². The van der Waals surface area contributed by atoms with Crippen LogP contribution in [0.25, 0.3) is 0 Å². The van der Waals surface area contributed by atoms with Crippen LogP contribution in [0.1, 0.15) is 19.4 Å². The first kappa shape index (κ1) is 17.6. The van der Waals surface area contributed by atoms with Crippen LogP contribution < -0.4 is 5.32 Å². The summed E-state index contributed by atoms with van der Waals surface area (Å²) in [6.45, 7) is 5.40. The number of hydrogen-bond acceptors (Lipinski definition) is 4. The van der Waals surface area contributed by atoms with Gasteiger partial charge in [0.25, 0.3) is 0 Å². The molecule has 1 amide bonds. The summed E-state index contributed by atoms with van der Waals surface area (Å²) in [4.78, 5) is 11.9. The van der Waals surface area contributed by atoms with Gasteiger partial charge in [0.1, 0.15) is 6.61 Å². The van der Waals surface area contributed by atoms with E-state index in [1.807, 2.05) is 13.8 Å². The smallest absolute Gasteiger partial charge is 0.250 e. The maximum Gasteiger partial charge on any atom is 0.250 e. The summed E-state index contributed by atoms with van der Waals surface area (Å²) >= 11 is 0. The number of benzene rings is 1. The molecule has 0 spiro atoms. The predicted octanol–water partition coefficient (Wildman–Crippen LogP) is 1.61. The Morgan fingerprint density at radius 1 is 1.33 bits per heavy atom. The summed E-state index contributed by atoms with van der Waals surface area (Å²) in [5.41, 5.74) is 1.25. The largest absolute Gasteiger partial charge is 0.369 e. The van der Waals surface area contributed by atoms with Crippen molar-refractivity contribution in [1.29, 1.82) is 0 Å². The van der Waals surface area contributed by atoms with Crippen molar-refractivity contribution in [2.45, 2.75) is 31.8 Å². The third kappa shape index (κ3) is 4.80. The van der Waals surface area contributed by atoms with Gasteiger partial charge >= 0.3 is 0 Å². The fraction of sp³-hybridized carbons (Fsp3) is 0.500. The molecule has 0 saturated carbocycles. The summed E-state index contributed by atoms with van der Waals surface area (Å²) < 4.78 is 30.5. The molecule has 0 saturated heterocycles. The van der Waals surface area contributed by atoms with Gasteiger partial charge in [-0.05, 0) is 38.5 Å². The topological polar surface area (TPSA) is 75.7 Å². The van der Waals surface area contributed by atoms with Gasteiger partial charge in [0.2, 0.25) is 15.9 Å². The minimum Gasteiger partial charge on any atom is -0.369 e. The summed E-state index contributed by atoms with van der Waals surface area (Å²) in [5, 5.41) is 2.67. The van der Waals surface area contributed by atoms with E-state index in [0.29, 0.717) is 5.69 Å². The zero-order chi connectivity index (χ0) is 16.2.